The van der Waals surface area contributed by atoms with Crippen molar-refractivity contribution in [3.05, 3.63) is 34.4 Å². The molecule has 1 fully saturated rings. The Morgan fingerprint density at radius 1 is 1.37 bits per heavy atom. The molecule has 19 heavy (non-hydrogen) atoms. The quantitative estimate of drug-likeness (QED) is 0.658. The molecular weight excluding hydrogens is 246 g/mol. The van der Waals surface area contributed by atoms with E-state index in [0.717, 1.165) is 12.8 Å². The van der Waals surface area contributed by atoms with E-state index in [1.165, 1.54) is 6.07 Å². The van der Waals surface area contributed by atoms with Crippen molar-refractivity contribution in [2.45, 2.75) is 19.8 Å². The number of amides is 2. The first-order chi connectivity index (χ1) is 9.08. The van der Waals surface area contributed by atoms with Crippen LogP contribution in [0.25, 0.3) is 0 Å². The Labute approximate surface area is 111 Å². The molecule has 0 saturated carbocycles. The molecule has 1 aromatic rings. The van der Waals surface area contributed by atoms with Crippen LogP contribution >= 0.6 is 0 Å². The summed E-state index contributed by atoms with van der Waals surface area (Å²) in [7, 11) is 0. The van der Waals surface area contributed by atoms with Gasteiger partial charge in [0.2, 0.25) is 0 Å². The van der Waals surface area contributed by atoms with Crippen molar-refractivity contribution in [1.29, 1.82) is 0 Å². The second-order valence-electron chi connectivity index (χ2n) is 4.87. The summed E-state index contributed by atoms with van der Waals surface area (Å²) in [5.74, 6) is 0.634. The lowest BCUT2D eigenvalue weighted by Gasteiger charge is -2.30. The molecule has 1 heterocycles. The molecular formula is C13H17N3O3. The number of para-hydroxylation sites is 2. The molecule has 1 aliphatic rings. The van der Waals surface area contributed by atoms with Gasteiger partial charge in [-0.15, -0.1) is 0 Å². The number of nitro groups is 1. The molecule has 2 amide bonds. The number of carbonyl (C=O) groups is 1. The molecule has 1 N–H and O–H groups in total. The number of benzene rings is 1. The largest absolute Gasteiger partial charge is 0.325 e. The van der Waals surface area contributed by atoms with Crippen molar-refractivity contribution in [1.82, 2.24) is 4.90 Å². The SMILES string of the molecule is CC1CCN(C(=O)Nc2ccccc2[N+](=O)[O-])CC1. The molecule has 0 aliphatic carbocycles. The summed E-state index contributed by atoms with van der Waals surface area (Å²) in [5.41, 5.74) is 0.164. The third-order valence-electron chi connectivity index (χ3n) is 3.41. The number of hydrogen-bond acceptors (Lipinski definition) is 3. The third-order valence-corrected chi connectivity index (χ3v) is 3.41. The second-order valence-corrected chi connectivity index (χ2v) is 4.87. The number of nitro benzene ring substituents is 1. The number of nitrogens with one attached hydrogen (secondary N) is 1. The van der Waals surface area contributed by atoms with Gasteiger partial charge in [0.25, 0.3) is 5.69 Å². The smallest absolute Gasteiger partial charge is 0.322 e. The highest BCUT2D eigenvalue weighted by Gasteiger charge is 2.22. The molecule has 6 heteroatoms. The lowest BCUT2D eigenvalue weighted by Crippen LogP contribution is -2.40. The monoisotopic (exact) mass is 263 g/mol. The summed E-state index contributed by atoms with van der Waals surface area (Å²) in [6.45, 7) is 3.57. The Balaban J connectivity index is 2.05. The van der Waals surface area contributed by atoms with Crippen LogP contribution in [0.4, 0.5) is 16.2 Å². The van der Waals surface area contributed by atoms with Crippen LogP contribution in [0.5, 0.6) is 0 Å². The van der Waals surface area contributed by atoms with Gasteiger partial charge in [0, 0.05) is 19.2 Å². The van der Waals surface area contributed by atoms with E-state index in [2.05, 4.69) is 12.2 Å². The molecule has 1 aromatic carbocycles. The van der Waals surface area contributed by atoms with Gasteiger partial charge in [-0.05, 0) is 24.8 Å². The maximum absolute atomic E-state index is 12.0. The standard InChI is InChI=1S/C13H17N3O3/c1-10-6-8-15(9-7-10)13(17)14-11-4-2-3-5-12(11)16(18)19/h2-5,10H,6-9H2,1H3,(H,14,17). The first-order valence-electron chi connectivity index (χ1n) is 6.37. The Morgan fingerprint density at radius 2 is 2.00 bits per heavy atom. The van der Waals surface area contributed by atoms with Gasteiger partial charge in [-0.2, -0.15) is 0 Å². The van der Waals surface area contributed by atoms with Gasteiger partial charge in [-0.1, -0.05) is 19.1 Å². The summed E-state index contributed by atoms with van der Waals surface area (Å²) >= 11 is 0. The van der Waals surface area contributed by atoms with Gasteiger partial charge in [0.1, 0.15) is 5.69 Å². The molecule has 2 rings (SSSR count). The predicted molar refractivity (Wildman–Crippen MR) is 72.1 cm³/mol. The predicted octanol–water partition coefficient (Wildman–Crippen LogP) is 2.86. The van der Waals surface area contributed by atoms with Crippen LogP contribution in [0.1, 0.15) is 19.8 Å². The number of hydrogen-bond donors (Lipinski definition) is 1. The number of nitrogens with zero attached hydrogens (tertiary/aromatic N) is 2. The lowest BCUT2D eigenvalue weighted by atomic mass is 10.00. The fourth-order valence-electron chi connectivity index (χ4n) is 2.14. The van der Waals surface area contributed by atoms with Crippen LogP contribution in [-0.4, -0.2) is 28.9 Å². The average molecular weight is 263 g/mol. The van der Waals surface area contributed by atoms with Crippen molar-refractivity contribution in [3.8, 4) is 0 Å². The van der Waals surface area contributed by atoms with E-state index < -0.39 is 4.92 Å². The number of piperidine rings is 1. The van der Waals surface area contributed by atoms with Crippen LogP contribution in [0.3, 0.4) is 0 Å². The van der Waals surface area contributed by atoms with E-state index in [1.807, 2.05) is 0 Å². The first kappa shape index (κ1) is 13.3. The molecule has 6 nitrogen and oxygen atoms in total. The van der Waals surface area contributed by atoms with E-state index in [9.17, 15) is 14.9 Å². The van der Waals surface area contributed by atoms with Gasteiger partial charge >= 0.3 is 6.03 Å². The van der Waals surface area contributed by atoms with Gasteiger partial charge in [0.05, 0.1) is 4.92 Å². The second kappa shape index (κ2) is 5.69. The highest BCUT2D eigenvalue weighted by atomic mass is 16.6. The van der Waals surface area contributed by atoms with Crippen molar-refractivity contribution in [2.75, 3.05) is 18.4 Å². The van der Waals surface area contributed by atoms with Crippen molar-refractivity contribution in [3.63, 3.8) is 0 Å². The normalized spacial score (nSPS) is 16.2. The number of urea groups is 1. The van der Waals surface area contributed by atoms with E-state index in [1.54, 1.807) is 23.1 Å². The minimum absolute atomic E-state index is 0.0822. The highest BCUT2D eigenvalue weighted by Crippen LogP contribution is 2.24. The number of likely N-dealkylation sites (tertiary alicyclic amines) is 1. The minimum atomic E-state index is -0.492. The lowest BCUT2D eigenvalue weighted by molar-refractivity contribution is -0.383. The molecule has 0 aromatic heterocycles. The molecule has 0 unspecified atom stereocenters. The van der Waals surface area contributed by atoms with Crippen LogP contribution in [0.2, 0.25) is 0 Å². The van der Waals surface area contributed by atoms with E-state index >= 15 is 0 Å². The Hall–Kier alpha value is -2.11. The van der Waals surface area contributed by atoms with Crippen LogP contribution in [-0.2, 0) is 0 Å². The molecule has 0 radical (unpaired) electrons. The zero-order valence-electron chi connectivity index (χ0n) is 10.8. The van der Waals surface area contributed by atoms with Gasteiger partial charge in [-0.3, -0.25) is 10.1 Å². The summed E-state index contributed by atoms with van der Waals surface area (Å²) < 4.78 is 0. The van der Waals surface area contributed by atoms with Crippen LogP contribution in [0.15, 0.2) is 24.3 Å². The summed E-state index contributed by atoms with van der Waals surface area (Å²) in [4.78, 5) is 24.1. The number of carbonyl (C=O) groups excluding carboxylic acids is 1. The molecule has 0 spiro atoms. The van der Waals surface area contributed by atoms with E-state index in [4.69, 9.17) is 0 Å². The zero-order chi connectivity index (χ0) is 13.8. The number of anilines is 1. The Morgan fingerprint density at radius 3 is 2.63 bits per heavy atom. The maximum Gasteiger partial charge on any atom is 0.322 e. The molecule has 1 aliphatic heterocycles. The van der Waals surface area contributed by atoms with Gasteiger partial charge < -0.3 is 10.2 Å². The molecule has 0 atom stereocenters. The topological polar surface area (TPSA) is 75.5 Å². The summed E-state index contributed by atoms with van der Waals surface area (Å²) in [5, 5.41) is 13.5. The Kier molecular flexibility index (Phi) is 3.99. The first-order valence-corrected chi connectivity index (χ1v) is 6.37. The average Bonchev–Trinajstić information content (AvgIpc) is 2.39. The summed E-state index contributed by atoms with van der Waals surface area (Å²) in [6, 6.07) is 5.91. The van der Waals surface area contributed by atoms with Crippen LogP contribution < -0.4 is 5.32 Å². The van der Waals surface area contributed by atoms with Crippen LogP contribution in [0, 0.1) is 16.0 Å². The van der Waals surface area contributed by atoms with Crippen molar-refractivity contribution < 1.29 is 9.72 Å². The van der Waals surface area contributed by atoms with Gasteiger partial charge in [-0.25, -0.2) is 4.79 Å². The van der Waals surface area contributed by atoms with E-state index in [0.29, 0.717) is 19.0 Å². The van der Waals surface area contributed by atoms with Gasteiger partial charge in [0.15, 0.2) is 0 Å². The molecule has 1 saturated heterocycles. The minimum Gasteiger partial charge on any atom is -0.325 e. The maximum atomic E-state index is 12.0. The molecule has 0 bridgehead atoms. The van der Waals surface area contributed by atoms with E-state index in [-0.39, 0.29) is 17.4 Å². The fourth-order valence-corrected chi connectivity index (χ4v) is 2.14. The molecule has 102 valence electrons. The fraction of sp³-hybridized carbons (Fsp3) is 0.462. The number of rotatable bonds is 2. The van der Waals surface area contributed by atoms with Crippen molar-refractivity contribution in [2.24, 2.45) is 5.92 Å². The van der Waals surface area contributed by atoms with Crippen molar-refractivity contribution >= 4 is 17.4 Å². The summed E-state index contributed by atoms with van der Waals surface area (Å²) in [6.07, 6.45) is 1.95. The third kappa shape index (κ3) is 3.21. The zero-order valence-corrected chi connectivity index (χ0v) is 10.8. The Bertz CT molecular complexity index is 482. The highest BCUT2D eigenvalue weighted by molar-refractivity contribution is 5.91.